The highest BCUT2D eigenvalue weighted by Crippen LogP contribution is 2.32. The predicted octanol–water partition coefficient (Wildman–Crippen LogP) is 1.99. The van der Waals surface area contributed by atoms with Gasteiger partial charge >= 0.3 is 0 Å². The summed E-state index contributed by atoms with van der Waals surface area (Å²) in [4.78, 5) is 14.1. The molecule has 2 fully saturated rings. The smallest absolute Gasteiger partial charge is 0.261 e. The standard InChI is InChI=1S/C14H24F2N2O2/c1-2-11-14(19)18(7-8-20-9-12(15)16)13(17-11)10-5-3-4-6-10/h10-13,17H,2-9H2,1H3. The Hall–Kier alpha value is -0.750. The monoisotopic (exact) mass is 290 g/mol. The van der Waals surface area contributed by atoms with Gasteiger partial charge in [0, 0.05) is 6.54 Å². The molecule has 1 amide bonds. The van der Waals surface area contributed by atoms with E-state index in [2.05, 4.69) is 5.32 Å². The minimum absolute atomic E-state index is 0.0603. The first-order valence-corrected chi connectivity index (χ1v) is 7.56. The zero-order valence-electron chi connectivity index (χ0n) is 12.0. The van der Waals surface area contributed by atoms with Crippen LogP contribution in [0.5, 0.6) is 0 Å². The van der Waals surface area contributed by atoms with Gasteiger partial charge in [0.1, 0.15) is 6.61 Å². The largest absolute Gasteiger partial charge is 0.374 e. The Morgan fingerprint density at radius 3 is 2.70 bits per heavy atom. The molecular weight excluding hydrogens is 266 g/mol. The average molecular weight is 290 g/mol. The number of rotatable bonds is 7. The van der Waals surface area contributed by atoms with Crippen molar-refractivity contribution in [3.63, 3.8) is 0 Å². The van der Waals surface area contributed by atoms with Crippen LogP contribution in [-0.4, -0.2) is 49.2 Å². The molecule has 1 saturated heterocycles. The van der Waals surface area contributed by atoms with Crippen LogP contribution in [-0.2, 0) is 9.53 Å². The molecule has 1 aliphatic heterocycles. The molecule has 116 valence electrons. The summed E-state index contributed by atoms with van der Waals surface area (Å²) < 4.78 is 29.0. The van der Waals surface area contributed by atoms with Crippen molar-refractivity contribution in [3.05, 3.63) is 0 Å². The summed E-state index contributed by atoms with van der Waals surface area (Å²) in [7, 11) is 0. The third-order valence-electron chi connectivity index (χ3n) is 4.26. The Bertz CT molecular complexity index is 322. The third kappa shape index (κ3) is 3.67. The molecule has 1 N–H and O–H groups in total. The van der Waals surface area contributed by atoms with Crippen molar-refractivity contribution in [2.75, 3.05) is 19.8 Å². The van der Waals surface area contributed by atoms with Gasteiger partial charge in [0.05, 0.1) is 18.8 Å². The van der Waals surface area contributed by atoms with Crippen LogP contribution in [0.25, 0.3) is 0 Å². The molecule has 1 heterocycles. The van der Waals surface area contributed by atoms with E-state index in [4.69, 9.17) is 4.74 Å². The predicted molar refractivity (Wildman–Crippen MR) is 71.5 cm³/mol. The van der Waals surface area contributed by atoms with Crippen LogP contribution in [0.4, 0.5) is 8.78 Å². The van der Waals surface area contributed by atoms with Gasteiger partial charge in [0.2, 0.25) is 5.91 Å². The number of ether oxygens (including phenoxy) is 1. The van der Waals surface area contributed by atoms with E-state index >= 15 is 0 Å². The van der Waals surface area contributed by atoms with Gasteiger partial charge < -0.3 is 9.64 Å². The Balaban J connectivity index is 1.89. The fourth-order valence-electron chi connectivity index (χ4n) is 3.25. The Kier molecular flexibility index (Phi) is 5.72. The van der Waals surface area contributed by atoms with Crippen LogP contribution in [0, 0.1) is 5.92 Å². The second-order valence-electron chi connectivity index (χ2n) is 5.61. The lowest BCUT2D eigenvalue weighted by molar-refractivity contribution is -0.131. The number of carbonyl (C=O) groups is 1. The molecule has 0 aromatic rings. The van der Waals surface area contributed by atoms with Gasteiger partial charge in [-0.3, -0.25) is 10.1 Å². The highest BCUT2D eigenvalue weighted by Gasteiger charge is 2.41. The fraction of sp³-hybridized carbons (Fsp3) is 0.929. The van der Waals surface area contributed by atoms with Gasteiger partial charge in [-0.2, -0.15) is 0 Å². The quantitative estimate of drug-likeness (QED) is 0.729. The zero-order valence-corrected chi connectivity index (χ0v) is 12.0. The molecule has 2 atom stereocenters. The third-order valence-corrected chi connectivity index (χ3v) is 4.26. The number of nitrogens with zero attached hydrogens (tertiary/aromatic N) is 1. The van der Waals surface area contributed by atoms with E-state index in [1.807, 2.05) is 6.92 Å². The lowest BCUT2D eigenvalue weighted by Gasteiger charge is -2.28. The number of amides is 1. The van der Waals surface area contributed by atoms with Crippen molar-refractivity contribution in [2.45, 2.75) is 57.7 Å². The van der Waals surface area contributed by atoms with Crippen LogP contribution in [0.2, 0.25) is 0 Å². The molecule has 0 radical (unpaired) electrons. The van der Waals surface area contributed by atoms with Gasteiger partial charge in [-0.25, -0.2) is 8.78 Å². The Labute approximate surface area is 118 Å². The number of halogens is 2. The van der Waals surface area contributed by atoms with Crippen molar-refractivity contribution in [3.8, 4) is 0 Å². The van der Waals surface area contributed by atoms with Crippen LogP contribution in [0.15, 0.2) is 0 Å². The van der Waals surface area contributed by atoms with Crippen LogP contribution < -0.4 is 5.32 Å². The topological polar surface area (TPSA) is 41.6 Å². The van der Waals surface area contributed by atoms with Crippen LogP contribution >= 0.6 is 0 Å². The second-order valence-corrected chi connectivity index (χ2v) is 5.61. The molecule has 6 heteroatoms. The van der Waals surface area contributed by atoms with Crippen molar-refractivity contribution in [2.24, 2.45) is 5.92 Å². The first-order chi connectivity index (χ1) is 9.63. The summed E-state index contributed by atoms with van der Waals surface area (Å²) in [6, 6.07) is -0.129. The molecule has 0 aromatic carbocycles. The molecule has 2 unspecified atom stereocenters. The van der Waals surface area contributed by atoms with Crippen LogP contribution in [0.3, 0.4) is 0 Å². The lowest BCUT2D eigenvalue weighted by Crippen LogP contribution is -2.44. The molecule has 0 bridgehead atoms. The van der Waals surface area contributed by atoms with Crippen molar-refractivity contribution < 1.29 is 18.3 Å². The van der Waals surface area contributed by atoms with E-state index in [0.29, 0.717) is 12.5 Å². The van der Waals surface area contributed by atoms with Gasteiger partial charge in [-0.15, -0.1) is 0 Å². The summed E-state index contributed by atoms with van der Waals surface area (Å²) in [5.74, 6) is 0.579. The average Bonchev–Trinajstić information content (AvgIpc) is 3.03. The van der Waals surface area contributed by atoms with Gasteiger partial charge in [-0.05, 0) is 25.2 Å². The molecule has 20 heavy (non-hydrogen) atoms. The lowest BCUT2D eigenvalue weighted by atomic mass is 10.0. The molecule has 1 aliphatic carbocycles. The molecule has 0 spiro atoms. The molecule has 4 nitrogen and oxygen atoms in total. The Morgan fingerprint density at radius 2 is 2.10 bits per heavy atom. The maximum Gasteiger partial charge on any atom is 0.261 e. The van der Waals surface area contributed by atoms with E-state index in [9.17, 15) is 13.6 Å². The highest BCUT2D eigenvalue weighted by molar-refractivity contribution is 5.84. The summed E-state index contributed by atoms with van der Waals surface area (Å²) in [5.41, 5.74) is 0. The molecule has 0 aromatic heterocycles. The summed E-state index contributed by atoms with van der Waals surface area (Å²) in [6.07, 6.45) is 3.07. The van der Waals surface area contributed by atoms with Crippen molar-refractivity contribution in [1.29, 1.82) is 0 Å². The number of alkyl halides is 2. The molecule has 2 rings (SSSR count). The number of hydrogen-bond acceptors (Lipinski definition) is 3. The first-order valence-electron chi connectivity index (χ1n) is 7.56. The minimum Gasteiger partial charge on any atom is -0.374 e. The number of nitrogens with one attached hydrogen (secondary N) is 1. The SMILES string of the molecule is CCC1NC(C2CCCC2)N(CCOCC(F)F)C1=O. The van der Waals surface area contributed by atoms with E-state index in [-0.39, 0.29) is 24.7 Å². The van der Waals surface area contributed by atoms with E-state index in [1.54, 1.807) is 4.90 Å². The van der Waals surface area contributed by atoms with E-state index in [0.717, 1.165) is 19.3 Å². The normalized spacial score (nSPS) is 28.0. The van der Waals surface area contributed by atoms with Crippen molar-refractivity contribution in [1.82, 2.24) is 10.2 Å². The van der Waals surface area contributed by atoms with Gasteiger partial charge in [0.25, 0.3) is 6.43 Å². The fourth-order valence-corrected chi connectivity index (χ4v) is 3.25. The zero-order chi connectivity index (χ0) is 14.5. The molecular formula is C14H24F2N2O2. The minimum atomic E-state index is -2.45. The Morgan fingerprint density at radius 1 is 1.40 bits per heavy atom. The summed E-state index contributed by atoms with van der Waals surface area (Å²) in [6.45, 7) is 2.01. The maximum absolute atomic E-state index is 12.3. The van der Waals surface area contributed by atoms with E-state index < -0.39 is 13.0 Å². The van der Waals surface area contributed by atoms with Gasteiger partial charge in [-0.1, -0.05) is 19.8 Å². The second kappa shape index (κ2) is 7.31. The summed E-state index contributed by atoms with van der Waals surface area (Å²) >= 11 is 0. The van der Waals surface area contributed by atoms with Crippen molar-refractivity contribution >= 4 is 5.91 Å². The van der Waals surface area contributed by atoms with E-state index in [1.165, 1.54) is 12.8 Å². The highest BCUT2D eigenvalue weighted by atomic mass is 19.3. The van der Waals surface area contributed by atoms with Gasteiger partial charge in [0.15, 0.2) is 0 Å². The molecule has 2 aliphatic rings. The first kappa shape index (κ1) is 15.6. The van der Waals surface area contributed by atoms with Crippen LogP contribution in [0.1, 0.15) is 39.0 Å². The summed E-state index contributed by atoms with van der Waals surface area (Å²) in [5, 5.41) is 3.40. The number of hydrogen-bond donors (Lipinski definition) is 1. The number of carbonyl (C=O) groups excluding carboxylic acids is 1. The maximum atomic E-state index is 12.3. The molecule has 1 saturated carbocycles.